The van der Waals surface area contributed by atoms with Crippen LogP contribution in [-0.4, -0.2) is 31.7 Å². The van der Waals surface area contributed by atoms with Crippen LogP contribution in [0, 0.1) is 0 Å². The number of rotatable bonds is 6. The number of amides is 1. The molecule has 5 nitrogen and oxygen atoms in total. The van der Waals surface area contributed by atoms with Crippen molar-refractivity contribution in [3.8, 4) is 0 Å². The molecule has 0 saturated heterocycles. The molecule has 0 unspecified atom stereocenters. The fourth-order valence-electron chi connectivity index (χ4n) is 1.60. The first kappa shape index (κ1) is 16.2. The van der Waals surface area contributed by atoms with Gasteiger partial charge in [-0.25, -0.2) is 4.79 Å². The van der Waals surface area contributed by atoms with Gasteiger partial charge in [0.1, 0.15) is 6.61 Å². The van der Waals surface area contributed by atoms with Gasteiger partial charge in [-0.15, -0.1) is 0 Å². The van der Waals surface area contributed by atoms with Crippen LogP contribution in [0.4, 0.5) is 5.69 Å². The van der Waals surface area contributed by atoms with Gasteiger partial charge < -0.3 is 14.8 Å². The third-order valence-corrected chi connectivity index (χ3v) is 2.78. The lowest BCUT2D eigenvalue weighted by Crippen LogP contribution is -2.31. The fourth-order valence-corrected chi connectivity index (χ4v) is 1.60. The zero-order chi connectivity index (χ0) is 15.1. The van der Waals surface area contributed by atoms with E-state index in [0.29, 0.717) is 11.6 Å². The number of carbonyl (C=O) groups is 2. The first-order valence-corrected chi connectivity index (χ1v) is 6.53. The highest BCUT2D eigenvalue weighted by atomic mass is 16.6. The van der Waals surface area contributed by atoms with E-state index in [-0.39, 0.29) is 12.5 Å². The fraction of sp³-hybridized carbons (Fsp3) is 0.467. The Morgan fingerprint density at radius 1 is 1.15 bits per heavy atom. The molecule has 110 valence electrons. The minimum atomic E-state index is -0.859. The van der Waals surface area contributed by atoms with Gasteiger partial charge in [0.05, 0.1) is 0 Å². The van der Waals surface area contributed by atoms with Gasteiger partial charge in [0, 0.05) is 12.8 Å². The predicted octanol–water partition coefficient (Wildman–Crippen LogP) is 2.33. The molecule has 0 radical (unpaired) electrons. The van der Waals surface area contributed by atoms with Crippen LogP contribution in [0.25, 0.3) is 0 Å². The van der Waals surface area contributed by atoms with E-state index in [1.807, 2.05) is 24.3 Å². The highest BCUT2D eigenvalue weighted by molar-refractivity contribution is 5.95. The number of ether oxygens (including phenoxy) is 2. The Balaban J connectivity index is 2.54. The predicted molar refractivity (Wildman–Crippen MR) is 76.6 cm³/mol. The second-order valence-corrected chi connectivity index (χ2v) is 4.83. The quantitative estimate of drug-likeness (QED) is 0.812. The average molecular weight is 279 g/mol. The van der Waals surface area contributed by atoms with Crippen molar-refractivity contribution in [2.45, 2.75) is 32.8 Å². The molecule has 0 saturated carbocycles. The van der Waals surface area contributed by atoms with Crippen LogP contribution in [0.15, 0.2) is 24.3 Å². The molecule has 0 aromatic heterocycles. The van der Waals surface area contributed by atoms with E-state index in [4.69, 9.17) is 4.74 Å². The number of nitrogens with one attached hydrogen (secondary N) is 1. The SMILES string of the molecule is COCC(=O)O[C@H](C)C(=O)Nc1ccc(C(C)C)cc1. The number of carbonyl (C=O) groups excluding carboxylic acids is 2. The van der Waals surface area contributed by atoms with Crippen LogP contribution in [0.1, 0.15) is 32.3 Å². The molecular formula is C15H21NO4. The van der Waals surface area contributed by atoms with Crippen LogP contribution in [0.2, 0.25) is 0 Å². The maximum atomic E-state index is 11.8. The number of hydrogen-bond donors (Lipinski definition) is 1. The van der Waals surface area contributed by atoms with Gasteiger partial charge in [-0.1, -0.05) is 26.0 Å². The summed E-state index contributed by atoms with van der Waals surface area (Å²) in [6, 6.07) is 7.58. The molecule has 1 aromatic rings. The molecule has 0 spiro atoms. The monoisotopic (exact) mass is 279 g/mol. The van der Waals surface area contributed by atoms with Crippen LogP contribution < -0.4 is 5.32 Å². The molecule has 0 aliphatic heterocycles. The Morgan fingerprint density at radius 2 is 1.75 bits per heavy atom. The average Bonchev–Trinajstić information content (AvgIpc) is 2.39. The summed E-state index contributed by atoms with van der Waals surface area (Å²) in [7, 11) is 1.39. The van der Waals surface area contributed by atoms with Crippen molar-refractivity contribution in [1.29, 1.82) is 0 Å². The van der Waals surface area contributed by atoms with Gasteiger partial charge in [-0.05, 0) is 30.5 Å². The Hall–Kier alpha value is -1.88. The third kappa shape index (κ3) is 5.01. The van der Waals surface area contributed by atoms with Crippen molar-refractivity contribution in [3.63, 3.8) is 0 Å². The maximum absolute atomic E-state index is 11.8. The highest BCUT2D eigenvalue weighted by Gasteiger charge is 2.17. The molecule has 0 aliphatic rings. The molecule has 0 aliphatic carbocycles. The molecule has 1 aromatic carbocycles. The minimum Gasteiger partial charge on any atom is -0.451 e. The van der Waals surface area contributed by atoms with Crippen molar-refractivity contribution in [2.24, 2.45) is 0 Å². The Kier molecular flexibility index (Phi) is 6.18. The van der Waals surface area contributed by atoms with E-state index in [1.165, 1.54) is 19.6 Å². The molecule has 20 heavy (non-hydrogen) atoms. The molecule has 1 amide bonds. The largest absolute Gasteiger partial charge is 0.451 e. The topological polar surface area (TPSA) is 64.6 Å². The molecule has 0 bridgehead atoms. The summed E-state index contributed by atoms with van der Waals surface area (Å²) in [4.78, 5) is 23.0. The normalized spacial score (nSPS) is 12.1. The van der Waals surface area contributed by atoms with Gasteiger partial charge in [0.2, 0.25) is 0 Å². The number of methoxy groups -OCH3 is 1. The van der Waals surface area contributed by atoms with E-state index in [2.05, 4.69) is 23.9 Å². The van der Waals surface area contributed by atoms with Gasteiger partial charge in [0.25, 0.3) is 5.91 Å². The van der Waals surface area contributed by atoms with Crippen molar-refractivity contribution in [2.75, 3.05) is 19.0 Å². The van der Waals surface area contributed by atoms with E-state index < -0.39 is 12.1 Å². The smallest absolute Gasteiger partial charge is 0.332 e. The van der Waals surface area contributed by atoms with Crippen LogP contribution in [0.5, 0.6) is 0 Å². The molecule has 5 heteroatoms. The van der Waals surface area contributed by atoms with Crippen LogP contribution in [-0.2, 0) is 19.1 Å². The molecule has 1 rings (SSSR count). The van der Waals surface area contributed by atoms with Gasteiger partial charge in [-0.3, -0.25) is 4.79 Å². The molecule has 0 heterocycles. The molecule has 0 fully saturated rings. The standard InChI is InChI=1S/C15H21NO4/c1-10(2)12-5-7-13(8-6-12)16-15(18)11(3)20-14(17)9-19-4/h5-8,10-11H,9H2,1-4H3,(H,16,18)/t11-/m1/s1. The zero-order valence-electron chi connectivity index (χ0n) is 12.3. The zero-order valence-corrected chi connectivity index (χ0v) is 12.3. The van der Waals surface area contributed by atoms with Crippen LogP contribution in [0.3, 0.4) is 0 Å². The lowest BCUT2D eigenvalue weighted by Gasteiger charge is -2.13. The summed E-state index contributed by atoms with van der Waals surface area (Å²) in [6.07, 6.45) is -0.859. The summed E-state index contributed by atoms with van der Waals surface area (Å²) in [5.74, 6) is -0.495. The second-order valence-electron chi connectivity index (χ2n) is 4.83. The number of anilines is 1. The van der Waals surface area contributed by atoms with Gasteiger partial charge in [-0.2, -0.15) is 0 Å². The Labute approximate surface area is 119 Å². The summed E-state index contributed by atoms with van der Waals surface area (Å²) >= 11 is 0. The number of hydrogen-bond acceptors (Lipinski definition) is 4. The van der Waals surface area contributed by atoms with E-state index in [0.717, 1.165) is 0 Å². The third-order valence-electron chi connectivity index (χ3n) is 2.78. The minimum absolute atomic E-state index is 0.166. The lowest BCUT2D eigenvalue weighted by molar-refractivity contribution is -0.156. The summed E-state index contributed by atoms with van der Waals surface area (Å²) in [5.41, 5.74) is 1.87. The van der Waals surface area contributed by atoms with Crippen molar-refractivity contribution in [3.05, 3.63) is 29.8 Å². The number of benzene rings is 1. The van der Waals surface area contributed by atoms with Crippen molar-refractivity contribution < 1.29 is 19.1 Å². The molecule has 1 atom stereocenters. The highest BCUT2D eigenvalue weighted by Crippen LogP contribution is 2.17. The van der Waals surface area contributed by atoms with Gasteiger partial charge in [0.15, 0.2) is 6.10 Å². The van der Waals surface area contributed by atoms with Crippen molar-refractivity contribution >= 4 is 17.6 Å². The van der Waals surface area contributed by atoms with Gasteiger partial charge >= 0.3 is 5.97 Å². The van der Waals surface area contributed by atoms with Crippen molar-refractivity contribution in [1.82, 2.24) is 0 Å². The van der Waals surface area contributed by atoms with E-state index in [1.54, 1.807) is 0 Å². The van der Waals surface area contributed by atoms with E-state index in [9.17, 15) is 9.59 Å². The Morgan fingerprint density at radius 3 is 2.25 bits per heavy atom. The summed E-state index contributed by atoms with van der Waals surface area (Å²) in [6.45, 7) is 5.56. The molecular weight excluding hydrogens is 258 g/mol. The molecule has 1 N–H and O–H groups in total. The second kappa shape index (κ2) is 7.65. The van der Waals surface area contributed by atoms with E-state index >= 15 is 0 Å². The number of esters is 1. The first-order valence-electron chi connectivity index (χ1n) is 6.53. The lowest BCUT2D eigenvalue weighted by atomic mass is 10.0. The Bertz CT molecular complexity index is 453. The summed E-state index contributed by atoms with van der Waals surface area (Å²) in [5, 5.41) is 2.70. The summed E-state index contributed by atoms with van der Waals surface area (Å²) < 4.78 is 9.54. The first-order chi connectivity index (χ1) is 9.43. The van der Waals surface area contributed by atoms with Crippen LogP contribution >= 0.6 is 0 Å². The maximum Gasteiger partial charge on any atom is 0.332 e.